The molecule has 1 aliphatic rings. The normalized spacial score (nSPS) is 27.2. The fourth-order valence-electron chi connectivity index (χ4n) is 2.13. The van der Waals surface area contributed by atoms with Crippen molar-refractivity contribution >= 4 is 11.6 Å². The lowest BCUT2D eigenvalue weighted by Gasteiger charge is -2.14. The van der Waals surface area contributed by atoms with Crippen molar-refractivity contribution in [2.45, 2.75) is 12.0 Å². The van der Waals surface area contributed by atoms with Crippen LogP contribution in [0.1, 0.15) is 11.5 Å². The topological polar surface area (TPSA) is 29.3 Å². The molecule has 0 saturated carbocycles. The Bertz CT molecular complexity index is 370. The van der Waals surface area contributed by atoms with Gasteiger partial charge in [0.1, 0.15) is 5.82 Å². The largest absolute Gasteiger partial charge is 0.326 e. The summed E-state index contributed by atoms with van der Waals surface area (Å²) < 4.78 is 13.0. The van der Waals surface area contributed by atoms with E-state index in [1.807, 2.05) is 7.05 Å². The van der Waals surface area contributed by atoms with Crippen molar-refractivity contribution < 1.29 is 4.39 Å². The van der Waals surface area contributed by atoms with Gasteiger partial charge in [0.15, 0.2) is 0 Å². The van der Waals surface area contributed by atoms with Gasteiger partial charge in [-0.25, -0.2) is 4.39 Å². The molecule has 0 aliphatic carbocycles. The lowest BCUT2D eigenvalue weighted by Crippen LogP contribution is -2.27. The lowest BCUT2D eigenvalue weighted by atomic mass is 9.95. The molecule has 82 valence electrons. The highest BCUT2D eigenvalue weighted by atomic mass is 35.5. The molecular weight excluding hydrogens is 215 g/mol. The summed E-state index contributed by atoms with van der Waals surface area (Å²) in [7, 11) is 2.03. The molecule has 2 rings (SSSR count). The van der Waals surface area contributed by atoms with E-state index in [0.717, 1.165) is 18.7 Å². The average Bonchev–Trinajstić information content (AvgIpc) is 2.50. The maximum absolute atomic E-state index is 13.0. The molecule has 15 heavy (non-hydrogen) atoms. The second-order valence-corrected chi connectivity index (χ2v) is 4.57. The standard InChI is InChI=1S/C11H14ClFN2/c1-15-5-8(11(14)6-15)7-2-3-10(13)9(12)4-7/h2-4,8,11H,5-6,14H2,1H3. The van der Waals surface area contributed by atoms with Crippen LogP contribution in [0.5, 0.6) is 0 Å². The van der Waals surface area contributed by atoms with Crippen molar-refractivity contribution in [2.75, 3.05) is 20.1 Å². The van der Waals surface area contributed by atoms with Crippen molar-refractivity contribution in [3.05, 3.63) is 34.6 Å². The molecule has 1 aliphatic heterocycles. The van der Waals surface area contributed by atoms with E-state index in [9.17, 15) is 4.39 Å². The third-order valence-electron chi connectivity index (χ3n) is 2.92. The Morgan fingerprint density at radius 2 is 2.20 bits per heavy atom. The maximum atomic E-state index is 13.0. The van der Waals surface area contributed by atoms with E-state index in [0.29, 0.717) is 0 Å². The number of nitrogens with two attached hydrogens (primary N) is 1. The minimum Gasteiger partial charge on any atom is -0.326 e. The minimum atomic E-state index is -0.375. The van der Waals surface area contributed by atoms with Gasteiger partial charge in [0.25, 0.3) is 0 Å². The first kappa shape index (κ1) is 10.9. The van der Waals surface area contributed by atoms with Gasteiger partial charge in [0, 0.05) is 25.0 Å². The highest BCUT2D eigenvalue weighted by molar-refractivity contribution is 6.30. The zero-order valence-corrected chi connectivity index (χ0v) is 9.34. The Balaban J connectivity index is 2.26. The molecule has 1 heterocycles. The van der Waals surface area contributed by atoms with Crippen molar-refractivity contribution in [1.29, 1.82) is 0 Å². The number of likely N-dealkylation sites (N-methyl/N-ethyl adjacent to an activating group) is 1. The van der Waals surface area contributed by atoms with Gasteiger partial charge in [-0.1, -0.05) is 17.7 Å². The Hall–Kier alpha value is -0.640. The third kappa shape index (κ3) is 2.14. The molecule has 2 atom stereocenters. The van der Waals surface area contributed by atoms with E-state index in [4.69, 9.17) is 17.3 Å². The number of hydrogen-bond acceptors (Lipinski definition) is 2. The highest BCUT2D eigenvalue weighted by Crippen LogP contribution is 2.28. The van der Waals surface area contributed by atoms with Gasteiger partial charge in [-0.3, -0.25) is 0 Å². The van der Waals surface area contributed by atoms with Crippen LogP contribution >= 0.6 is 11.6 Å². The maximum Gasteiger partial charge on any atom is 0.141 e. The Morgan fingerprint density at radius 3 is 2.73 bits per heavy atom. The summed E-state index contributed by atoms with van der Waals surface area (Å²) in [5.41, 5.74) is 7.04. The molecular formula is C11H14ClFN2. The highest BCUT2D eigenvalue weighted by Gasteiger charge is 2.29. The number of benzene rings is 1. The van der Waals surface area contributed by atoms with Crippen LogP contribution in [0.4, 0.5) is 4.39 Å². The summed E-state index contributed by atoms with van der Waals surface area (Å²) in [6.07, 6.45) is 0. The minimum absolute atomic E-state index is 0.108. The summed E-state index contributed by atoms with van der Waals surface area (Å²) in [5, 5.41) is 0.175. The number of hydrogen-bond donors (Lipinski definition) is 1. The second-order valence-electron chi connectivity index (χ2n) is 4.17. The number of rotatable bonds is 1. The quantitative estimate of drug-likeness (QED) is 0.795. The van der Waals surface area contributed by atoms with Gasteiger partial charge >= 0.3 is 0 Å². The molecule has 0 bridgehead atoms. The van der Waals surface area contributed by atoms with Crippen LogP contribution < -0.4 is 5.73 Å². The van der Waals surface area contributed by atoms with Crippen molar-refractivity contribution in [1.82, 2.24) is 4.90 Å². The first-order valence-electron chi connectivity index (χ1n) is 4.97. The van der Waals surface area contributed by atoms with E-state index >= 15 is 0 Å². The van der Waals surface area contributed by atoms with Gasteiger partial charge in [0.2, 0.25) is 0 Å². The van der Waals surface area contributed by atoms with Gasteiger partial charge in [-0.15, -0.1) is 0 Å². The van der Waals surface area contributed by atoms with Crippen LogP contribution in [0.2, 0.25) is 5.02 Å². The molecule has 0 radical (unpaired) electrons. The molecule has 2 nitrogen and oxygen atoms in total. The summed E-state index contributed by atoms with van der Waals surface area (Å²) in [5.74, 6) is -0.117. The predicted molar refractivity (Wildman–Crippen MR) is 59.6 cm³/mol. The van der Waals surface area contributed by atoms with Crippen molar-refractivity contribution in [3.63, 3.8) is 0 Å². The van der Waals surface area contributed by atoms with Gasteiger partial charge < -0.3 is 10.6 Å². The first-order chi connectivity index (χ1) is 7.08. The SMILES string of the molecule is CN1CC(N)C(c2ccc(F)c(Cl)c2)C1. The number of halogens is 2. The monoisotopic (exact) mass is 228 g/mol. The molecule has 2 unspecified atom stereocenters. The van der Waals surface area contributed by atoms with E-state index in [1.54, 1.807) is 12.1 Å². The average molecular weight is 229 g/mol. The Labute approximate surface area is 93.8 Å². The molecule has 0 aromatic heterocycles. The summed E-state index contributed by atoms with van der Waals surface area (Å²) >= 11 is 5.75. The van der Waals surface area contributed by atoms with Crippen LogP contribution in [0.3, 0.4) is 0 Å². The van der Waals surface area contributed by atoms with Crippen LogP contribution in [-0.4, -0.2) is 31.1 Å². The zero-order valence-electron chi connectivity index (χ0n) is 8.58. The molecule has 2 N–H and O–H groups in total. The molecule has 1 aromatic carbocycles. The van der Waals surface area contributed by atoms with Crippen LogP contribution in [-0.2, 0) is 0 Å². The third-order valence-corrected chi connectivity index (χ3v) is 3.21. The molecule has 0 amide bonds. The molecule has 0 spiro atoms. The van der Waals surface area contributed by atoms with Crippen LogP contribution in [0.25, 0.3) is 0 Å². The van der Waals surface area contributed by atoms with Gasteiger partial charge in [-0.05, 0) is 24.7 Å². The van der Waals surface area contributed by atoms with Crippen molar-refractivity contribution in [3.8, 4) is 0 Å². The zero-order chi connectivity index (χ0) is 11.0. The van der Waals surface area contributed by atoms with Crippen LogP contribution in [0, 0.1) is 5.82 Å². The van der Waals surface area contributed by atoms with Gasteiger partial charge in [-0.2, -0.15) is 0 Å². The molecule has 1 saturated heterocycles. The van der Waals surface area contributed by atoms with E-state index in [-0.39, 0.29) is 22.8 Å². The van der Waals surface area contributed by atoms with E-state index in [2.05, 4.69) is 4.90 Å². The second kappa shape index (κ2) is 4.08. The Kier molecular flexibility index (Phi) is 2.96. The predicted octanol–water partition coefficient (Wildman–Crippen LogP) is 1.84. The van der Waals surface area contributed by atoms with Crippen molar-refractivity contribution in [2.24, 2.45) is 5.73 Å². The Morgan fingerprint density at radius 1 is 1.47 bits per heavy atom. The van der Waals surface area contributed by atoms with E-state index in [1.165, 1.54) is 6.07 Å². The molecule has 1 aromatic rings. The van der Waals surface area contributed by atoms with E-state index < -0.39 is 0 Å². The van der Waals surface area contributed by atoms with Gasteiger partial charge in [0.05, 0.1) is 5.02 Å². The number of nitrogens with zero attached hydrogens (tertiary/aromatic N) is 1. The fraction of sp³-hybridized carbons (Fsp3) is 0.455. The number of likely N-dealkylation sites (tertiary alicyclic amines) is 1. The molecule has 1 fully saturated rings. The summed E-state index contributed by atoms with van der Waals surface area (Å²) in [6, 6.07) is 4.96. The lowest BCUT2D eigenvalue weighted by molar-refractivity contribution is 0.407. The fourth-order valence-corrected chi connectivity index (χ4v) is 2.32. The summed E-state index contributed by atoms with van der Waals surface area (Å²) in [6.45, 7) is 1.78. The van der Waals surface area contributed by atoms with Crippen LogP contribution in [0.15, 0.2) is 18.2 Å². The first-order valence-corrected chi connectivity index (χ1v) is 5.35. The molecule has 4 heteroatoms. The smallest absolute Gasteiger partial charge is 0.141 e. The summed E-state index contributed by atoms with van der Waals surface area (Å²) in [4.78, 5) is 2.17.